The van der Waals surface area contributed by atoms with Gasteiger partial charge in [0.1, 0.15) is 6.07 Å². The zero-order valence-electron chi connectivity index (χ0n) is 25.5. The van der Waals surface area contributed by atoms with Crippen LogP contribution in [0.15, 0.2) is 23.8 Å². The lowest BCUT2D eigenvalue weighted by atomic mass is 9.32. The van der Waals surface area contributed by atoms with Crippen molar-refractivity contribution in [2.24, 2.45) is 56.7 Å². The Balaban J connectivity index is 1.44. The average molecular weight is 531 g/mol. The van der Waals surface area contributed by atoms with Crippen LogP contribution in [0, 0.1) is 68.0 Å². The number of nitriles is 1. The molecule has 6 aliphatic rings. The maximum atomic E-state index is 13.3. The first-order valence-corrected chi connectivity index (χ1v) is 15.7. The number of nitrogens with one attached hydrogen (secondary N) is 1. The molecule has 5 saturated carbocycles. The van der Waals surface area contributed by atoms with E-state index >= 15 is 0 Å². The summed E-state index contributed by atoms with van der Waals surface area (Å²) in [7, 11) is 0. The molecular formula is C35H50N2O2. The second-order valence-corrected chi connectivity index (χ2v) is 16.8. The van der Waals surface area contributed by atoms with Crippen LogP contribution >= 0.6 is 0 Å². The largest absolute Gasteiger partial charge is 0.350 e. The van der Waals surface area contributed by atoms with E-state index in [0.29, 0.717) is 29.2 Å². The van der Waals surface area contributed by atoms with E-state index in [9.17, 15) is 14.9 Å². The summed E-state index contributed by atoms with van der Waals surface area (Å²) in [6.45, 7) is 21.3. The molecule has 8 atom stereocenters. The summed E-state index contributed by atoms with van der Waals surface area (Å²) in [5.74, 6) is 1.91. The van der Waals surface area contributed by atoms with Gasteiger partial charge in [-0.05, 0) is 110 Å². The van der Waals surface area contributed by atoms with Gasteiger partial charge in [-0.1, -0.05) is 66.7 Å². The van der Waals surface area contributed by atoms with Crippen LogP contribution in [0.3, 0.4) is 0 Å². The van der Waals surface area contributed by atoms with Crippen LogP contribution in [-0.4, -0.2) is 17.2 Å². The van der Waals surface area contributed by atoms with Crippen molar-refractivity contribution in [1.29, 1.82) is 5.26 Å². The first kappa shape index (κ1) is 27.3. The van der Waals surface area contributed by atoms with E-state index in [1.807, 2.05) is 0 Å². The number of hydrogen-bond acceptors (Lipinski definition) is 3. The highest BCUT2D eigenvalue weighted by atomic mass is 16.2. The maximum Gasteiger partial charge on any atom is 0.223 e. The molecule has 0 aliphatic heterocycles. The van der Waals surface area contributed by atoms with Crippen molar-refractivity contribution >= 4 is 11.7 Å². The topological polar surface area (TPSA) is 70.0 Å². The fraction of sp³-hybridized carbons (Fsp3) is 0.800. The molecular weight excluding hydrogens is 480 g/mol. The number of carbonyl (C=O) groups excluding carboxylic acids is 2. The van der Waals surface area contributed by atoms with Gasteiger partial charge >= 0.3 is 0 Å². The van der Waals surface area contributed by atoms with E-state index in [4.69, 9.17) is 6.58 Å². The predicted octanol–water partition coefficient (Wildman–Crippen LogP) is 7.55. The minimum atomic E-state index is -0.531. The number of fused-ring (bicyclic) bond motifs is 7. The third kappa shape index (κ3) is 3.53. The standard InChI is InChI=1S/C35H50N2O2/c1-21-17-26-32(6)18-23(20-36)28(38)31(4,5)25(32)11-12-33(26,7)34(8)14-16-35(37-29(39)22-9-10-22)15-13-30(2,3)19-24(35)27(21)34/h18,22,24-27H,1,9-17,19H2,2-8H3,(H,37,39)/t24?,25-,26+,27?,32-,33+,34+,35-/m0/s1. The molecule has 39 heavy (non-hydrogen) atoms. The third-order valence-corrected chi connectivity index (χ3v) is 13.9. The molecule has 4 heteroatoms. The summed E-state index contributed by atoms with van der Waals surface area (Å²) in [5.41, 5.74) is 1.27. The van der Waals surface area contributed by atoms with Gasteiger partial charge in [-0.25, -0.2) is 0 Å². The number of carbonyl (C=O) groups is 2. The Bertz CT molecular complexity index is 1220. The molecule has 4 nitrogen and oxygen atoms in total. The SMILES string of the molecule is C=C1C[C@@H]2[C@@]3(C)C=C(C#N)C(=O)C(C)(C)[C@@H]3CC[C@@]2(C)[C@]2(C)CC[C@@]3(NC(=O)C4CC4)CCC(C)(C)CC3C12. The van der Waals surface area contributed by atoms with Gasteiger partial charge in [0.05, 0.1) is 5.57 Å². The van der Waals surface area contributed by atoms with Crippen LogP contribution < -0.4 is 5.32 Å². The molecule has 0 aromatic heterocycles. The Kier molecular flexibility index (Phi) is 5.67. The second-order valence-electron chi connectivity index (χ2n) is 16.8. The molecule has 1 amide bonds. The van der Waals surface area contributed by atoms with Gasteiger partial charge in [0.2, 0.25) is 5.91 Å². The Morgan fingerprint density at radius 2 is 1.62 bits per heavy atom. The van der Waals surface area contributed by atoms with Crippen molar-refractivity contribution in [2.75, 3.05) is 0 Å². The van der Waals surface area contributed by atoms with Crippen molar-refractivity contribution in [2.45, 2.75) is 118 Å². The van der Waals surface area contributed by atoms with E-state index in [2.05, 4.69) is 65.9 Å². The van der Waals surface area contributed by atoms with Gasteiger partial charge < -0.3 is 5.32 Å². The lowest BCUT2D eigenvalue weighted by Gasteiger charge is -2.73. The molecule has 6 rings (SSSR count). The van der Waals surface area contributed by atoms with Crippen LogP contribution in [0.1, 0.15) is 113 Å². The number of nitrogens with zero attached hydrogens (tertiary/aromatic N) is 1. The molecule has 0 saturated heterocycles. The number of ketones is 1. The molecule has 0 radical (unpaired) electrons. The zero-order valence-corrected chi connectivity index (χ0v) is 25.5. The molecule has 2 unspecified atom stereocenters. The van der Waals surface area contributed by atoms with Gasteiger partial charge in [-0.2, -0.15) is 5.26 Å². The predicted molar refractivity (Wildman–Crippen MR) is 154 cm³/mol. The zero-order chi connectivity index (χ0) is 28.4. The number of rotatable bonds is 2. The molecule has 0 bridgehead atoms. The monoisotopic (exact) mass is 530 g/mol. The quantitative estimate of drug-likeness (QED) is 0.375. The minimum Gasteiger partial charge on any atom is -0.350 e. The molecule has 6 aliphatic carbocycles. The van der Waals surface area contributed by atoms with Crippen molar-refractivity contribution in [3.63, 3.8) is 0 Å². The van der Waals surface area contributed by atoms with E-state index in [1.165, 1.54) is 5.57 Å². The number of allylic oxidation sites excluding steroid dienone is 3. The second kappa shape index (κ2) is 8.10. The van der Waals surface area contributed by atoms with E-state index < -0.39 is 5.41 Å². The van der Waals surface area contributed by atoms with Crippen molar-refractivity contribution < 1.29 is 9.59 Å². The molecule has 0 aromatic carbocycles. The van der Waals surface area contributed by atoms with Crippen LogP contribution in [0.4, 0.5) is 0 Å². The third-order valence-electron chi connectivity index (χ3n) is 13.9. The summed E-state index contributed by atoms with van der Waals surface area (Å²) < 4.78 is 0. The molecule has 5 fully saturated rings. The molecule has 1 N–H and O–H groups in total. The summed E-state index contributed by atoms with van der Waals surface area (Å²) in [4.78, 5) is 26.6. The van der Waals surface area contributed by atoms with Gasteiger partial charge in [-0.3, -0.25) is 9.59 Å². The highest BCUT2D eigenvalue weighted by Gasteiger charge is 2.71. The fourth-order valence-corrected chi connectivity index (χ4v) is 11.4. The normalized spacial score (nSPS) is 47.9. The first-order chi connectivity index (χ1) is 18.0. The average Bonchev–Trinajstić information content (AvgIpc) is 3.69. The molecule has 0 spiro atoms. The Labute approximate surface area is 236 Å². The Morgan fingerprint density at radius 3 is 2.26 bits per heavy atom. The van der Waals surface area contributed by atoms with Crippen LogP contribution in [0.25, 0.3) is 0 Å². The number of hydrogen-bond donors (Lipinski definition) is 1. The first-order valence-electron chi connectivity index (χ1n) is 15.7. The molecule has 0 aromatic rings. The van der Waals surface area contributed by atoms with Crippen LogP contribution in [0.5, 0.6) is 0 Å². The van der Waals surface area contributed by atoms with Crippen molar-refractivity contribution in [1.82, 2.24) is 5.32 Å². The van der Waals surface area contributed by atoms with E-state index in [-0.39, 0.29) is 44.8 Å². The van der Waals surface area contributed by atoms with Gasteiger partial charge in [0, 0.05) is 16.9 Å². The minimum absolute atomic E-state index is 0.0214. The summed E-state index contributed by atoms with van der Waals surface area (Å²) in [6, 6.07) is 2.29. The highest BCUT2D eigenvalue weighted by molar-refractivity contribution is 6.04. The van der Waals surface area contributed by atoms with Crippen LogP contribution in [-0.2, 0) is 9.59 Å². The molecule has 212 valence electrons. The van der Waals surface area contributed by atoms with Gasteiger partial charge in [0.25, 0.3) is 0 Å². The lowest BCUT2D eigenvalue weighted by molar-refractivity contribution is -0.202. The highest BCUT2D eigenvalue weighted by Crippen LogP contribution is 2.76. The molecule has 0 heterocycles. The van der Waals surface area contributed by atoms with Crippen molar-refractivity contribution in [3.05, 3.63) is 23.8 Å². The summed E-state index contributed by atoms with van der Waals surface area (Å²) in [5, 5.41) is 13.7. The smallest absolute Gasteiger partial charge is 0.223 e. The summed E-state index contributed by atoms with van der Waals surface area (Å²) >= 11 is 0. The van der Waals surface area contributed by atoms with Crippen LogP contribution in [0.2, 0.25) is 0 Å². The number of Topliss-reactive ketones (excluding diaryl/α,β-unsaturated/α-hetero) is 1. The Hall–Kier alpha value is -1.89. The fourth-order valence-electron chi connectivity index (χ4n) is 11.4. The summed E-state index contributed by atoms with van der Waals surface area (Å²) in [6.07, 6.45) is 12.8. The van der Waals surface area contributed by atoms with Gasteiger partial charge in [0.15, 0.2) is 5.78 Å². The Morgan fingerprint density at radius 1 is 0.949 bits per heavy atom. The number of amides is 1. The maximum absolute atomic E-state index is 13.3. The van der Waals surface area contributed by atoms with Gasteiger partial charge in [-0.15, -0.1) is 0 Å². The van der Waals surface area contributed by atoms with E-state index in [0.717, 1.165) is 64.2 Å². The lowest BCUT2D eigenvalue weighted by Crippen LogP contribution is -2.70. The van der Waals surface area contributed by atoms with E-state index in [1.54, 1.807) is 0 Å². The van der Waals surface area contributed by atoms with Crippen molar-refractivity contribution in [3.8, 4) is 6.07 Å².